The zero-order chi connectivity index (χ0) is 23.8. The number of aromatic hydroxyl groups is 2. The molecule has 2 aromatic carbocycles. The lowest BCUT2D eigenvalue weighted by Gasteiger charge is -2.23. The van der Waals surface area contributed by atoms with E-state index in [4.69, 9.17) is 9.47 Å². The average molecular weight is 454 g/mol. The quantitative estimate of drug-likeness (QED) is 0.332. The fraction of sp³-hybridized carbons (Fsp3) is 0.346. The Hall–Kier alpha value is -3.45. The number of H-pyrrole nitrogens is 1. The predicted molar refractivity (Wildman–Crippen MR) is 125 cm³/mol. The lowest BCUT2D eigenvalue weighted by Crippen LogP contribution is -2.27. The summed E-state index contributed by atoms with van der Waals surface area (Å²) in [4.78, 5) is 15.7. The molecule has 0 aliphatic rings. The molecule has 2 atom stereocenters. The number of benzene rings is 2. The maximum atomic E-state index is 12.7. The summed E-state index contributed by atoms with van der Waals surface area (Å²) < 4.78 is 10.3. The maximum absolute atomic E-state index is 12.7. The third-order valence-electron chi connectivity index (χ3n) is 5.82. The lowest BCUT2D eigenvalue weighted by atomic mass is 9.86. The number of Topliss-reactive ketones (excluding diaryl/α,β-unsaturated/α-hetero) is 1. The molecule has 0 aliphatic carbocycles. The summed E-state index contributed by atoms with van der Waals surface area (Å²) >= 11 is 0. The number of carbonyl (C=O) groups excluding carboxylic acids is 1. The average Bonchev–Trinajstić information content (AvgIpc) is 3.32. The van der Waals surface area contributed by atoms with Crippen LogP contribution >= 0.6 is 0 Å². The van der Waals surface area contributed by atoms with E-state index >= 15 is 0 Å². The smallest absolute Gasteiger partial charge is 0.160 e. The highest BCUT2D eigenvalue weighted by molar-refractivity contribution is 5.79. The van der Waals surface area contributed by atoms with E-state index in [2.05, 4.69) is 4.98 Å². The summed E-state index contributed by atoms with van der Waals surface area (Å²) in [5, 5.41) is 30.6. The van der Waals surface area contributed by atoms with Gasteiger partial charge in [0.05, 0.1) is 20.3 Å². The van der Waals surface area contributed by atoms with Crippen LogP contribution in [0.15, 0.2) is 54.9 Å². The van der Waals surface area contributed by atoms with Crippen LogP contribution in [-0.4, -0.2) is 46.4 Å². The molecule has 0 aliphatic heterocycles. The number of aliphatic hydroxyl groups is 1. The van der Waals surface area contributed by atoms with Crippen molar-refractivity contribution in [2.24, 2.45) is 5.92 Å². The van der Waals surface area contributed by atoms with Gasteiger partial charge >= 0.3 is 0 Å². The van der Waals surface area contributed by atoms with Crippen molar-refractivity contribution >= 4 is 5.78 Å². The molecule has 0 fully saturated rings. The van der Waals surface area contributed by atoms with Crippen LogP contribution in [0.2, 0.25) is 0 Å². The van der Waals surface area contributed by atoms with Crippen LogP contribution < -0.4 is 9.47 Å². The zero-order valence-electron chi connectivity index (χ0n) is 19.0. The van der Waals surface area contributed by atoms with Gasteiger partial charge in [-0.25, -0.2) is 0 Å². The molecule has 1 aromatic heterocycles. The van der Waals surface area contributed by atoms with Gasteiger partial charge in [-0.1, -0.05) is 12.1 Å². The Labute approximate surface area is 193 Å². The van der Waals surface area contributed by atoms with Crippen LogP contribution in [0.5, 0.6) is 23.0 Å². The number of phenolic OH excluding ortho intramolecular Hbond substituents is 2. The predicted octanol–water partition coefficient (Wildman–Crippen LogP) is 3.80. The molecule has 0 saturated heterocycles. The number of hydrogen-bond acceptors (Lipinski definition) is 6. The SMILES string of the molecule is COc1cc(CCC(=O)CC(O)C(Cc2cc[nH]c2)Cc2ccc(O)c(OC)c2)ccc1O. The summed E-state index contributed by atoms with van der Waals surface area (Å²) in [5.74, 6) is 0.648. The first kappa shape index (κ1) is 24.2. The molecule has 3 rings (SSSR count). The normalized spacial score (nSPS) is 12.8. The molecule has 4 N–H and O–H groups in total. The molecule has 176 valence electrons. The van der Waals surface area contributed by atoms with Gasteiger partial charge in [-0.3, -0.25) is 4.79 Å². The Balaban J connectivity index is 1.65. The number of aromatic amines is 1. The van der Waals surface area contributed by atoms with Gasteiger partial charge in [0, 0.05) is 25.2 Å². The number of rotatable bonds is 12. The molecule has 2 unspecified atom stereocenters. The number of hydrogen-bond donors (Lipinski definition) is 4. The lowest BCUT2D eigenvalue weighted by molar-refractivity contribution is -0.121. The number of aliphatic hydroxyl groups excluding tert-OH is 1. The summed E-state index contributed by atoms with van der Waals surface area (Å²) in [7, 11) is 2.97. The standard InChI is InChI=1S/C26H31NO6/c1-32-25-13-17(4-7-22(25)29)3-6-21(28)15-24(31)20(12-19-9-10-27-16-19)11-18-5-8-23(30)26(14-18)33-2/h4-5,7-10,13-14,16,20,24,27,29-31H,3,6,11-12,15H2,1-2H3. The third-order valence-corrected chi connectivity index (χ3v) is 5.82. The van der Waals surface area contributed by atoms with Gasteiger partial charge in [-0.05, 0) is 72.2 Å². The van der Waals surface area contributed by atoms with Crippen LogP contribution in [0.1, 0.15) is 29.5 Å². The van der Waals surface area contributed by atoms with Crippen molar-refractivity contribution in [2.45, 2.75) is 38.2 Å². The Bertz CT molecular complexity index is 1050. The minimum absolute atomic E-state index is 0.0307. The summed E-state index contributed by atoms with van der Waals surface area (Å²) in [6, 6.07) is 12.1. The van der Waals surface area contributed by atoms with Crippen LogP contribution in [0.4, 0.5) is 0 Å². The molecular formula is C26H31NO6. The van der Waals surface area contributed by atoms with Crippen LogP contribution in [0.25, 0.3) is 0 Å². The number of nitrogens with one attached hydrogen (secondary N) is 1. The molecule has 0 spiro atoms. The Kier molecular flexibility index (Phi) is 8.38. The Morgan fingerprint density at radius 1 is 0.909 bits per heavy atom. The van der Waals surface area contributed by atoms with E-state index in [1.807, 2.05) is 18.5 Å². The van der Waals surface area contributed by atoms with Crippen molar-refractivity contribution < 1.29 is 29.6 Å². The van der Waals surface area contributed by atoms with Gasteiger partial charge in [-0.2, -0.15) is 0 Å². The first-order chi connectivity index (χ1) is 15.9. The number of phenols is 2. The van der Waals surface area contributed by atoms with E-state index in [1.54, 1.807) is 36.4 Å². The van der Waals surface area contributed by atoms with E-state index in [-0.39, 0.29) is 36.0 Å². The van der Waals surface area contributed by atoms with Crippen molar-refractivity contribution in [2.75, 3.05) is 14.2 Å². The number of carbonyl (C=O) groups is 1. The van der Waals surface area contributed by atoms with E-state index in [0.29, 0.717) is 30.8 Å². The highest BCUT2D eigenvalue weighted by Gasteiger charge is 2.23. The molecule has 0 saturated carbocycles. The van der Waals surface area contributed by atoms with E-state index in [9.17, 15) is 20.1 Å². The topological polar surface area (TPSA) is 112 Å². The van der Waals surface area contributed by atoms with Crippen molar-refractivity contribution in [1.82, 2.24) is 4.98 Å². The second-order valence-electron chi connectivity index (χ2n) is 8.21. The van der Waals surface area contributed by atoms with Crippen molar-refractivity contribution in [3.05, 3.63) is 71.5 Å². The van der Waals surface area contributed by atoms with Gasteiger partial charge in [0.2, 0.25) is 0 Å². The number of aromatic nitrogens is 1. The molecule has 0 bridgehead atoms. The molecule has 7 heteroatoms. The molecule has 0 amide bonds. The zero-order valence-corrected chi connectivity index (χ0v) is 19.0. The largest absolute Gasteiger partial charge is 0.504 e. The molecule has 1 heterocycles. The van der Waals surface area contributed by atoms with Crippen LogP contribution in [-0.2, 0) is 24.1 Å². The van der Waals surface area contributed by atoms with Crippen molar-refractivity contribution in [3.8, 4) is 23.0 Å². The number of aryl methyl sites for hydroxylation is 1. The Morgan fingerprint density at radius 3 is 2.12 bits per heavy atom. The fourth-order valence-electron chi connectivity index (χ4n) is 3.95. The Morgan fingerprint density at radius 2 is 1.52 bits per heavy atom. The van der Waals surface area contributed by atoms with E-state index < -0.39 is 6.10 Å². The second-order valence-corrected chi connectivity index (χ2v) is 8.21. The second kappa shape index (κ2) is 11.4. The van der Waals surface area contributed by atoms with Crippen molar-refractivity contribution in [1.29, 1.82) is 0 Å². The summed E-state index contributed by atoms with van der Waals surface area (Å²) in [6.07, 6.45) is 4.88. The molecular weight excluding hydrogens is 422 g/mol. The van der Waals surface area contributed by atoms with Gasteiger partial charge < -0.3 is 29.8 Å². The van der Waals surface area contributed by atoms with Crippen molar-refractivity contribution in [3.63, 3.8) is 0 Å². The van der Waals surface area contributed by atoms with E-state index in [1.165, 1.54) is 14.2 Å². The molecule has 0 radical (unpaired) electrons. The van der Waals surface area contributed by atoms with Gasteiger partial charge in [0.1, 0.15) is 5.78 Å². The monoisotopic (exact) mass is 453 g/mol. The first-order valence-electron chi connectivity index (χ1n) is 10.9. The van der Waals surface area contributed by atoms with Gasteiger partial charge in [0.15, 0.2) is 23.0 Å². The minimum atomic E-state index is -0.818. The van der Waals surface area contributed by atoms with E-state index in [0.717, 1.165) is 16.7 Å². The number of ether oxygens (including phenoxy) is 2. The summed E-state index contributed by atoms with van der Waals surface area (Å²) in [5.41, 5.74) is 2.84. The molecule has 33 heavy (non-hydrogen) atoms. The van der Waals surface area contributed by atoms with Gasteiger partial charge in [0.25, 0.3) is 0 Å². The van der Waals surface area contributed by atoms with Crippen LogP contribution in [0.3, 0.4) is 0 Å². The number of ketones is 1. The first-order valence-corrected chi connectivity index (χ1v) is 10.9. The number of methoxy groups -OCH3 is 2. The molecule has 3 aromatic rings. The molecule has 7 nitrogen and oxygen atoms in total. The highest BCUT2D eigenvalue weighted by atomic mass is 16.5. The minimum Gasteiger partial charge on any atom is -0.504 e. The third kappa shape index (κ3) is 6.76. The summed E-state index contributed by atoms with van der Waals surface area (Å²) in [6.45, 7) is 0. The highest BCUT2D eigenvalue weighted by Crippen LogP contribution is 2.30. The van der Waals surface area contributed by atoms with Gasteiger partial charge in [-0.15, -0.1) is 0 Å². The maximum Gasteiger partial charge on any atom is 0.160 e. The fourth-order valence-corrected chi connectivity index (χ4v) is 3.95. The van der Waals surface area contributed by atoms with Crippen LogP contribution in [0, 0.1) is 5.92 Å².